The fourth-order valence-electron chi connectivity index (χ4n) is 2.24. The van der Waals surface area contributed by atoms with Crippen LogP contribution in [-0.2, 0) is 6.42 Å². The van der Waals surface area contributed by atoms with Crippen LogP contribution >= 0.6 is 11.8 Å². The number of aliphatic hydroxyl groups excluding tert-OH is 1. The van der Waals surface area contributed by atoms with Gasteiger partial charge >= 0.3 is 0 Å². The Morgan fingerprint density at radius 1 is 1.25 bits per heavy atom. The van der Waals surface area contributed by atoms with Crippen molar-refractivity contribution in [3.63, 3.8) is 0 Å². The summed E-state index contributed by atoms with van der Waals surface area (Å²) in [4.78, 5) is 0.566. The minimum absolute atomic E-state index is 0.243. The van der Waals surface area contributed by atoms with E-state index in [4.69, 9.17) is 4.74 Å². The fourth-order valence-corrected chi connectivity index (χ4v) is 3.15. The molecule has 1 aliphatic heterocycles. The van der Waals surface area contributed by atoms with Crippen molar-refractivity contribution in [2.75, 3.05) is 12.4 Å². The van der Waals surface area contributed by atoms with Crippen molar-refractivity contribution in [2.45, 2.75) is 17.4 Å². The quantitative estimate of drug-likeness (QED) is 0.873. The van der Waals surface area contributed by atoms with Gasteiger partial charge in [0.1, 0.15) is 11.6 Å². The van der Waals surface area contributed by atoms with Crippen LogP contribution in [0.4, 0.5) is 4.39 Å². The van der Waals surface area contributed by atoms with Gasteiger partial charge in [0.05, 0.1) is 12.7 Å². The summed E-state index contributed by atoms with van der Waals surface area (Å²) in [6.07, 6.45) is 0.279. The van der Waals surface area contributed by atoms with Crippen LogP contribution in [0.3, 0.4) is 0 Å². The molecule has 20 heavy (non-hydrogen) atoms. The van der Waals surface area contributed by atoms with Crippen molar-refractivity contribution in [3.8, 4) is 5.75 Å². The van der Waals surface area contributed by atoms with E-state index in [1.54, 1.807) is 18.2 Å². The molecule has 1 atom stereocenters. The smallest absolute Gasteiger partial charge is 0.136 e. The second-order valence-electron chi connectivity index (χ2n) is 4.72. The molecule has 3 rings (SSSR count). The van der Waals surface area contributed by atoms with Gasteiger partial charge in [-0.25, -0.2) is 4.39 Å². The molecule has 0 radical (unpaired) electrons. The molecular weight excluding hydrogens is 275 g/mol. The van der Waals surface area contributed by atoms with Crippen molar-refractivity contribution in [2.24, 2.45) is 0 Å². The Balaban J connectivity index is 1.67. The van der Waals surface area contributed by atoms with Gasteiger partial charge < -0.3 is 9.84 Å². The molecule has 0 saturated heterocycles. The molecule has 2 aromatic rings. The molecule has 1 N–H and O–H groups in total. The zero-order valence-corrected chi connectivity index (χ0v) is 11.7. The minimum Gasteiger partial charge on any atom is -0.493 e. The van der Waals surface area contributed by atoms with Crippen molar-refractivity contribution in [3.05, 3.63) is 59.4 Å². The molecule has 2 nitrogen and oxygen atoms in total. The topological polar surface area (TPSA) is 29.5 Å². The lowest BCUT2D eigenvalue weighted by molar-refractivity contribution is 0.204. The van der Waals surface area contributed by atoms with Crippen molar-refractivity contribution < 1.29 is 14.2 Å². The van der Waals surface area contributed by atoms with E-state index in [9.17, 15) is 9.50 Å². The summed E-state index contributed by atoms with van der Waals surface area (Å²) < 4.78 is 18.9. The highest BCUT2D eigenvalue weighted by Gasteiger charge is 2.16. The Morgan fingerprint density at radius 3 is 2.95 bits per heavy atom. The number of fused-ring (bicyclic) bond motifs is 1. The van der Waals surface area contributed by atoms with E-state index in [0.717, 1.165) is 23.3 Å². The molecule has 4 heteroatoms. The number of aliphatic hydroxyl groups is 1. The monoisotopic (exact) mass is 290 g/mol. The van der Waals surface area contributed by atoms with Gasteiger partial charge in [-0.2, -0.15) is 0 Å². The maximum atomic E-state index is 13.5. The van der Waals surface area contributed by atoms with Crippen LogP contribution in [0, 0.1) is 5.82 Å². The first-order valence-electron chi connectivity index (χ1n) is 6.55. The Bertz CT molecular complexity index is 615. The molecule has 104 valence electrons. The van der Waals surface area contributed by atoms with Gasteiger partial charge in [0, 0.05) is 17.1 Å². The van der Waals surface area contributed by atoms with Crippen LogP contribution < -0.4 is 4.74 Å². The second-order valence-corrected chi connectivity index (χ2v) is 5.78. The summed E-state index contributed by atoms with van der Waals surface area (Å²) in [5.74, 6) is 1.09. The van der Waals surface area contributed by atoms with E-state index in [2.05, 4.69) is 0 Å². The number of ether oxygens (including phenoxy) is 1. The number of thioether (sulfide) groups is 1. The van der Waals surface area contributed by atoms with Gasteiger partial charge in [0.25, 0.3) is 0 Å². The van der Waals surface area contributed by atoms with Crippen LogP contribution in [0.1, 0.15) is 17.2 Å². The van der Waals surface area contributed by atoms with Crippen LogP contribution in [0.25, 0.3) is 0 Å². The molecule has 2 aromatic carbocycles. The predicted octanol–water partition coefficient (Wildman–Crippen LogP) is 3.59. The molecule has 0 aromatic heterocycles. The molecule has 1 heterocycles. The van der Waals surface area contributed by atoms with E-state index < -0.39 is 6.10 Å². The van der Waals surface area contributed by atoms with Crippen molar-refractivity contribution in [1.29, 1.82) is 0 Å². The summed E-state index contributed by atoms with van der Waals surface area (Å²) in [6, 6.07) is 12.4. The molecule has 1 aliphatic rings. The van der Waals surface area contributed by atoms with Gasteiger partial charge in [-0.1, -0.05) is 18.2 Å². The Kier molecular flexibility index (Phi) is 3.94. The molecule has 0 amide bonds. The van der Waals surface area contributed by atoms with Gasteiger partial charge in [-0.05, 0) is 35.4 Å². The second kappa shape index (κ2) is 5.85. The van der Waals surface area contributed by atoms with Crippen molar-refractivity contribution >= 4 is 11.8 Å². The lowest BCUT2D eigenvalue weighted by Crippen LogP contribution is -2.01. The first-order chi connectivity index (χ1) is 9.74. The Labute approximate surface area is 121 Å². The van der Waals surface area contributed by atoms with E-state index >= 15 is 0 Å². The van der Waals surface area contributed by atoms with Crippen LogP contribution in [-0.4, -0.2) is 17.5 Å². The van der Waals surface area contributed by atoms with Crippen molar-refractivity contribution in [1.82, 2.24) is 0 Å². The molecule has 0 saturated carbocycles. The molecule has 0 fully saturated rings. The van der Waals surface area contributed by atoms with E-state index in [1.165, 1.54) is 17.8 Å². The summed E-state index contributed by atoms with van der Waals surface area (Å²) in [6.45, 7) is 0.707. The third-order valence-electron chi connectivity index (χ3n) is 3.33. The standard InChI is InChI=1S/C16H15FO2S/c17-13-3-1-2-4-16(13)20-10-14(18)11-5-6-15-12(9-11)7-8-19-15/h1-6,9,14,18H,7-8,10H2. The summed E-state index contributed by atoms with van der Waals surface area (Å²) in [5.41, 5.74) is 2.00. The largest absolute Gasteiger partial charge is 0.493 e. The third kappa shape index (κ3) is 2.81. The third-order valence-corrected chi connectivity index (χ3v) is 4.46. The number of halogens is 1. The predicted molar refractivity (Wildman–Crippen MR) is 77.7 cm³/mol. The SMILES string of the molecule is OC(CSc1ccccc1F)c1ccc2c(c1)CCO2. The van der Waals surface area contributed by atoms with Gasteiger partial charge in [0.15, 0.2) is 0 Å². The molecule has 0 aliphatic carbocycles. The normalized spacial score (nSPS) is 14.7. The Hall–Kier alpha value is -1.52. The number of benzene rings is 2. The van der Waals surface area contributed by atoms with Gasteiger partial charge in [-0.15, -0.1) is 11.8 Å². The van der Waals surface area contributed by atoms with Crippen LogP contribution in [0.5, 0.6) is 5.75 Å². The van der Waals surface area contributed by atoms with E-state index in [-0.39, 0.29) is 5.82 Å². The molecular formula is C16H15FO2S. The summed E-state index contributed by atoms with van der Waals surface area (Å²) in [7, 11) is 0. The Morgan fingerprint density at radius 2 is 2.10 bits per heavy atom. The lowest BCUT2D eigenvalue weighted by atomic mass is 10.1. The van der Waals surface area contributed by atoms with Gasteiger partial charge in [-0.3, -0.25) is 0 Å². The highest BCUT2D eigenvalue weighted by Crippen LogP contribution is 2.31. The number of hydrogen-bond acceptors (Lipinski definition) is 3. The summed E-state index contributed by atoms with van der Waals surface area (Å²) >= 11 is 1.33. The average molecular weight is 290 g/mol. The van der Waals surface area contributed by atoms with E-state index in [1.807, 2.05) is 18.2 Å². The molecule has 1 unspecified atom stereocenters. The van der Waals surface area contributed by atoms with Gasteiger partial charge in [0.2, 0.25) is 0 Å². The first kappa shape index (κ1) is 13.5. The highest BCUT2D eigenvalue weighted by molar-refractivity contribution is 7.99. The fraction of sp³-hybridized carbons (Fsp3) is 0.250. The van der Waals surface area contributed by atoms with Crippen LogP contribution in [0.15, 0.2) is 47.4 Å². The molecule has 0 bridgehead atoms. The van der Waals surface area contributed by atoms with E-state index in [0.29, 0.717) is 17.3 Å². The zero-order chi connectivity index (χ0) is 13.9. The zero-order valence-electron chi connectivity index (χ0n) is 10.9. The lowest BCUT2D eigenvalue weighted by Gasteiger charge is -2.12. The summed E-state index contributed by atoms with van der Waals surface area (Å²) in [5, 5.41) is 10.2. The maximum absolute atomic E-state index is 13.5. The highest BCUT2D eigenvalue weighted by atomic mass is 32.2. The maximum Gasteiger partial charge on any atom is 0.136 e. The average Bonchev–Trinajstić information content (AvgIpc) is 2.93. The number of rotatable bonds is 4. The van der Waals surface area contributed by atoms with Crippen LogP contribution in [0.2, 0.25) is 0 Å². The first-order valence-corrected chi connectivity index (χ1v) is 7.53. The molecule has 0 spiro atoms. The minimum atomic E-state index is -0.606. The number of hydrogen-bond donors (Lipinski definition) is 1.